The van der Waals surface area contributed by atoms with Gasteiger partial charge in [0.1, 0.15) is 0 Å². The first-order chi connectivity index (χ1) is 9.63. The van der Waals surface area contributed by atoms with Crippen molar-refractivity contribution < 1.29 is 19.4 Å². The maximum Gasteiger partial charge on any atom is 0.334 e. The van der Waals surface area contributed by atoms with Crippen LogP contribution in [0.3, 0.4) is 0 Å². The Morgan fingerprint density at radius 1 is 1.15 bits per heavy atom. The van der Waals surface area contributed by atoms with Crippen molar-refractivity contribution in [2.75, 3.05) is 32.8 Å². The Bertz CT molecular complexity index is 399. The fourth-order valence-electron chi connectivity index (χ4n) is 2.93. The number of hydrogen-bond acceptors (Lipinski definition) is 4. The number of ether oxygens (including phenoxy) is 1. The normalized spacial score (nSPS) is 31.3. The number of hydrogen-bond donors (Lipinski definition) is 2. The molecule has 2 amide bonds. The van der Waals surface area contributed by atoms with Gasteiger partial charge in [-0.05, 0) is 19.3 Å². The molecule has 7 heteroatoms. The van der Waals surface area contributed by atoms with E-state index in [0.717, 1.165) is 25.6 Å². The lowest BCUT2D eigenvalue weighted by Gasteiger charge is -2.31. The molecule has 112 valence electrons. The number of urea groups is 1. The van der Waals surface area contributed by atoms with E-state index in [0.29, 0.717) is 6.54 Å². The molecule has 2 heterocycles. The zero-order chi connectivity index (χ0) is 14.1. The third-order valence-electron chi connectivity index (χ3n) is 4.24. The Morgan fingerprint density at radius 3 is 2.65 bits per heavy atom. The number of carbonyl (C=O) groups excluding carboxylic acids is 1. The summed E-state index contributed by atoms with van der Waals surface area (Å²) in [6.07, 6.45) is 2.64. The molecule has 2 aliphatic heterocycles. The van der Waals surface area contributed by atoms with Gasteiger partial charge < -0.3 is 20.1 Å². The molecule has 0 spiro atoms. The molecule has 3 fully saturated rings. The molecule has 2 unspecified atom stereocenters. The van der Waals surface area contributed by atoms with Gasteiger partial charge in [-0.1, -0.05) is 0 Å². The molecule has 0 aromatic heterocycles. The van der Waals surface area contributed by atoms with Crippen LogP contribution >= 0.6 is 0 Å². The maximum absolute atomic E-state index is 12.2. The zero-order valence-electron chi connectivity index (χ0n) is 11.5. The van der Waals surface area contributed by atoms with E-state index < -0.39 is 12.1 Å². The van der Waals surface area contributed by atoms with Gasteiger partial charge in [0, 0.05) is 31.7 Å². The van der Waals surface area contributed by atoms with Crippen molar-refractivity contribution in [3.63, 3.8) is 0 Å². The summed E-state index contributed by atoms with van der Waals surface area (Å²) in [6.45, 7) is 2.83. The van der Waals surface area contributed by atoms with E-state index >= 15 is 0 Å². The number of carboxylic acids is 1. The van der Waals surface area contributed by atoms with E-state index in [1.165, 1.54) is 12.8 Å². The summed E-state index contributed by atoms with van der Waals surface area (Å²) < 4.78 is 5.12. The molecule has 3 aliphatic rings. The number of carboxylic acid groups (broad SMARTS) is 1. The molecule has 0 radical (unpaired) electrons. The van der Waals surface area contributed by atoms with E-state index in [-0.39, 0.29) is 25.2 Å². The van der Waals surface area contributed by atoms with E-state index in [1.54, 1.807) is 4.90 Å². The number of carbonyl (C=O) groups is 2. The lowest BCUT2D eigenvalue weighted by atomic mass is 10.2. The number of rotatable bonds is 3. The minimum absolute atomic E-state index is 0.125. The predicted octanol–water partition coefficient (Wildman–Crippen LogP) is -0.282. The molecule has 7 nitrogen and oxygen atoms in total. The SMILES string of the molecule is O=C(O)C1CN(C(=O)NC2CCN(C3CC3)C2)CCO1. The first-order valence-electron chi connectivity index (χ1n) is 7.27. The van der Waals surface area contributed by atoms with Gasteiger partial charge in [0.25, 0.3) is 0 Å². The molecule has 0 aromatic rings. The Kier molecular flexibility index (Phi) is 3.80. The van der Waals surface area contributed by atoms with Crippen molar-refractivity contribution >= 4 is 12.0 Å². The van der Waals surface area contributed by atoms with Gasteiger partial charge in [0.05, 0.1) is 13.2 Å². The van der Waals surface area contributed by atoms with Crippen LogP contribution in [0.15, 0.2) is 0 Å². The number of morpholine rings is 1. The molecule has 2 atom stereocenters. The summed E-state index contributed by atoms with van der Waals surface area (Å²) in [4.78, 5) is 27.0. The van der Waals surface area contributed by atoms with Crippen LogP contribution < -0.4 is 5.32 Å². The zero-order valence-corrected chi connectivity index (χ0v) is 11.5. The van der Waals surface area contributed by atoms with E-state index in [2.05, 4.69) is 10.2 Å². The summed E-state index contributed by atoms with van der Waals surface area (Å²) in [5, 5.41) is 12.0. The average Bonchev–Trinajstić information content (AvgIpc) is 3.20. The van der Waals surface area contributed by atoms with Gasteiger partial charge in [-0.2, -0.15) is 0 Å². The van der Waals surface area contributed by atoms with Gasteiger partial charge in [0.2, 0.25) is 0 Å². The highest BCUT2D eigenvalue weighted by atomic mass is 16.5. The van der Waals surface area contributed by atoms with Gasteiger partial charge in [0.15, 0.2) is 6.10 Å². The molecule has 0 bridgehead atoms. The maximum atomic E-state index is 12.2. The summed E-state index contributed by atoms with van der Waals surface area (Å²) >= 11 is 0. The Morgan fingerprint density at radius 2 is 1.95 bits per heavy atom. The molecule has 3 rings (SSSR count). The molecular formula is C13H21N3O4. The topological polar surface area (TPSA) is 82.1 Å². The number of likely N-dealkylation sites (tertiary alicyclic amines) is 1. The number of aliphatic carboxylic acids is 1. The third-order valence-corrected chi connectivity index (χ3v) is 4.24. The van der Waals surface area contributed by atoms with Gasteiger partial charge in [-0.25, -0.2) is 9.59 Å². The number of nitrogens with zero attached hydrogens (tertiary/aromatic N) is 2. The highest BCUT2D eigenvalue weighted by molar-refractivity contribution is 5.77. The van der Waals surface area contributed by atoms with Gasteiger partial charge >= 0.3 is 12.0 Å². The predicted molar refractivity (Wildman–Crippen MR) is 70.5 cm³/mol. The lowest BCUT2D eigenvalue weighted by Crippen LogP contribution is -2.53. The van der Waals surface area contributed by atoms with E-state index in [9.17, 15) is 9.59 Å². The van der Waals surface area contributed by atoms with Crippen molar-refractivity contribution in [1.82, 2.24) is 15.1 Å². The monoisotopic (exact) mass is 283 g/mol. The summed E-state index contributed by atoms with van der Waals surface area (Å²) in [5.41, 5.74) is 0. The van der Waals surface area contributed by atoms with Crippen LogP contribution in [0.1, 0.15) is 19.3 Å². The number of nitrogens with one attached hydrogen (secondary N) is 1. The molecule has 20 heavy (non-hydrogen) atoms. The second-order valence-corrected chi connectivity index (χ2v) is 5.80. The van der Waals surface area contributed by atoms with Crippen LogP contribution in [0.4, 0.5) is 4.79 Å². The fourth-order valence-corrected chi connectivity index (χ4v) is 2.93. The van der Waals surface area contributed by atoms with E-state index in [1.807, 2.05) is 0 Å². The third kappa shape index (κ3) is 3.04. The Balaban J connectivity index is 1.47. The minimum atomic E-state index is -1.01. The standard InChI is InChI=1S/C13H21N3O4/c17-12(18)11-8-16(5-6-20-11)13(19)14-9-3-4-15(7-9)10-1-2-10/h9-11H,1-8H2,(H,14,19)(H,17,18). The van der Waals surface area contributed by atoms with Crippen molar-refractivity contribution in [3.05, 3.63) is 0 Å². The minimum Gasteiger partial charge on any atom is -0.479 e. The molecule has 2 N–H and O–H groups in total. The average molecular weight is 283 g/mol. The highest BCUT2D eigenvalue weighted by Crippen LogP contribution is 2.29. The van der Waals surface area contributed by atoms with Gasteiger partial charge in [-0.15, -0.1) is 0 Å². The van der Waals surface area contributed by atoms with Crippen LogP contribution in [-0.4, -0.2) is 77.9 Å². The molecule has 1 aliphatic carbocycles. The first kappa shape index (κ1) is 13.6. The van der Waals surface area contributed by atoms with Crippen molar-refractivity contribution in [1.29, 1.82) is 0 Å². The molecule has 0 aromatic carbocycles. The second kappa shape index (κ2) is 5.57. The summed E-state index contributed by atoms with van der Waals surface area (Å²) in [5.74, 6) is -1.01. The van der Waals surface area contributed by atoms with E-state index in [4.69, 9.17) is 9.84 Å². The molecular weight excluding hydrogens is 262 g/mol. The van der Waals surface area contributed by atoms with Crippen LogP contribution in [0.5, 0.6) is 0 Å². The van der Waals surface area contributed by atoms with Crippen LogP contribution in [0.2, 0.25) is 0 Å². The van der Waals surface area contributed by atoms with Crippen LogP contribution in [0.25, 0.3) is 0 Å². The van der Waals surface area contributed by atoms with Crippen LogP contribution in [-0.2, 0) is 9.53 Å². The second-order valence-electron chi connectivity index (χ2n) is 5.80. The molecule has 1 saturated carbocycles. The lowest BCUT2D eigenvalue weighted by molar-refractivity contribution is -0.154. The van der Waals surface area contributed by atoms with Crippen molar-refractivity contribution in [2.45, 2.75) is 37.5 Å². The fraction of sp³-hybridized carbons (Fsp3) is 0.846. The van der Waals surface area contributed by atoms with Crippen molar-refractivity contribution in [2.24, 2.45) is 0 Å². The van der Waals surface area contributed by atoms with Crippen LogP contribution in [0, 0.1) is 0 Å². The quantitative estimate of drug-likeness (QED) is 0.744. The largest absolute Gasteiger partial charge is 0.479 e. The number of amides is 2. The molecule has 2 saturated heterocycles. The van der Waals surface area contributed by atoms with Crippen molar-refractivity contribution in [3.8, 4) is 0 Å². The smallest absolute Gasteiger partial charge is 0.334 e. The Hall–Kier alpha value is -1.34. The summed E-state index contributed by atoms with van der Waals surface area (Å²) in [6, 6.07) is 0.757. The highest BCUT2D eigenvalue weighted by Gasteiger charge is 2.36. The first-order valence-corrected chi connectivity index (χ1v) is 7.27. The summed E-state index contributed by atoms with van der Waals surface area (Å²) in [7, 11) is 0. The van der Waals surface area contributed by atoms with Gasteiger partial charge in [-0.3, -0.25) is 4.90 Å². The Labute approximate surface area is 117 Å².